The van der Waals surface area contributed by atoms with E-state index in [1.807, 2.05) is 13.8 Å². The summed E-state index contributed by atoms with van der Waals surface area (Å²) in [4.78, 5) is 0. The smallest absolute Gasteiger partial charge is 0.217 e. The second-order valence-electron chi connectivity index (χ2n) is 4.37. The van der Waals surface area contributed by atoms with Crippen LogP contribution in [0.1, 0.15) is 26.7 Å². The highest BCUT2D eigenvalue weighted by Crippen LogP contribution is 2.33. The average molecular weight is 219 g/mol. The quantitative estimate of drug-likeness (QED) is 0.695. The van der Waals surface area contributed by atoms with Gasteiger partial charge in [0.1, 0.15) is 0 Å². The lowest BCUT2D eigenvalue weighted by molar-refractivity contribution is -0.0520. The molecule has 0 N–H and O–H groups in total. The standard InChI is InChI=1S/C9H17NO3S/c1-7(2)13-8-5-10(6-8)14(11,12)9-3-4-9/h7-9H,3-6H2,1-2H3. The molecule has 0 bridgehead atoms. The molecule has 0 aromatic carbocycles. The van der Waals surface area contributed by atoms with Crippen molar-refractivity contribution in [2.24, 2.45) is 0 Å². The van der Waals surface area contributed by atoms with Gasteiger partial charge >= 0.3 is 0 Å². The third-order valence-corrected chi connectivity index (χ3v) is 4.92. The highest BCUT2D eigenvalue weighted by atomic mass is 32.2. The molecular formula is C9H17NO3S. The van der Waals surface area contributed by atoms with Gasteiger partial charge in [-0.3, -0.25) is 0 Å². The molecule has 0 atom stereocenters. The fraction of sp³-hybridized carbons (Fsp3) is 1.00. The summed E-state index contributed by atoms with van der Waals surface area (Å²) in [5.74, 6) is 0. The molecule has 0 unspecified atom stereocenters. The first kappa shape index (κ1) is 10.4. The Bertz CT molecular complexity index is 302. The van der Waals surface area contributed by atoms with Crippen LogP contribution in [-0.2, 0) is 14.8 Å². The Hall–Kier alpha value is -0.130. The SMILES string of the molecule is CC(C)OC1CN(S(=O)(=O)C2CC2)C1. The molecule has 2 rings (SSSR count). The van der Waals surface area contributed by atoms with Gasteiger partial charge in [-0.25, -0.2) is 8.42 Å². The molecule has 5 heteroatoms. The lowest BCUT2D eigenvalue weighted by atomic mass is 10.2. The predicted octanol–water partition coefficient (Wildman–Crippen LogP) is 0.588. The molecule has 2 fully saturated rings. The number of sulfonamides is 1. The van der Waals surface area contributed by atoms with Crippen molar-refractivity contribution in [2.45, 2.75) is 44.1 Å². The molecule has 1 saturated carbocycles. The van der Waals surface area contributed by atoms with Gasteiger partial charge in [-0.05, 0) is 26.7 Å². The van der Waals surface area contributed by atoms with E-state index in [0.717, 1.165) is 12.8 Å². The number of hydrogen-bond acceptors (Lipinski definition) is 3. The summed E-state index contributed by atoms with van der Waals surface area (Å²) >= 11 is 0. The monoisotopic (exact) mass is 219 g/mol. The van der Waals surface area contributed by atoms with Crippen LogP contribution >= 0.6 is 0 Å². The highest BCUT2D eigenvalue weighted by Gasteiger charge is 2.45. The second-order valence-corrected chi connectivity index (χ2v) is 6.58. The molecule has 2 aliphatic rings. The third-order valence-electron chi connectivity index (χ3n) is 2.58. The summed E-state index contributed by atoms with van der Waals surface area (Å²) in [6, 6.07) is 0. The Labute approximate surface area is 85.3 Å². The molecule has 0 amide bonds. The summed E-state index contributed by atoms with van der Waals surface area (Å²) in [6.07, 6.45) is 1.98. The summed E-state index contributed by atoms with van der Waals surface area (Å²) in [5, 5.41) is -0.0810. The molecule has 82 valence electrons. The van der Waals surface area contributed by atoms with E-state index in [0.29, 0.717) is 13.1 Å². The van der Waals surface area contributed by atoms with Crippen LogP contribution in [0.4, 0.5) is 0 Å². The molecular weight excluding hydrogens is 202 g/mol. The predicted molar refractivity (Wildman–Crippen MR) is 53.5 cm³/mol. The number of rotatable bonds is 4. The van der Waals surface area contributed by atoms with Crippen molar-refractivity contribution in [3.8, 4) is 0 Å². The molecule has 4 nitrogen and oxygen atoms in total. The van der Waals surface area contributed by atoms with Crippen molar-refractivity contribution in [1.82, 2.24) is 4.31 Å². The van der Waals surface area contributed by atoms with Crippen LogP contribution in [0, 0.1) is 0 Å². The van der Waals surface area contributed by atoms with Crippen LogP contribution in [0.15, 0.2) is 0 Å². The van der Waals surface area contributed by atoms with Gasteiger partial charge in [0.2, 0.25) is 10.0 Å². The molecule has 14 heavy (non-hydrogen) atoms. The minimum Gasteiger partial charge on any atom is -0.373 e. The van der Waals surface area contributed by atoms with Crippen LogP contribution in [0.5, 0.6) is 0 Å². The number of nitrogens with zero attached hydrogens (tertiary/aromatic N) is 1. The van der Waals surface area contributed by atoms with Crippen LogP contribution in [0.2, 0.25) is 0 Å². The van der Waals surface area contributed by atoms with Crippen molar-refractivity contribution in [1.29, 1.82) is 0 Å². The van der Waals surface area contributed by atoms with Crippen molar-refractivity contribution in [3.05, 3.63) is 0 Å². The summed E-state index contributed by atoms with van der Waals surface area (Å²) in [6.45, 7) is 5.05. The lowest BCUT2D eigenvalue weighted by Crippen LogP contribution is -2.56. The van der Waals surface area contributed by atoms with E-state index in [1.165, 1.54) is 0 Å². The molecule has 0 aromatic heterocycles. The van der Waals surface area contributed by atoms with Gasteiger partial charge in [-0.15, -0.1) is 0 Å². The first-order chi connectivity index (χ1) is 6.50. The van der Waals surface area contributed by atoms with Crippen molar-refractivity contribution in [3.63, 3.8) is 0 Å². The molecule has 0 radical (unpaired) electrons. The molecule has 1 saturated heterocycles. The summed E-state index contributed by atoms with van der Waals surface area (Å²) in [7, 11) is -2.94. The van der Waals surface area contributed by atoms with Crippen LogP contribution in [0.3, 0.4) is 0 Å². The van der Waals surface area contributed by atoms with Crippen molar-refractivity contribution < 1.29 is 13.2 Å². The second kappa shape index (κ2) is 3.47. The Morgan fingerprint density at radius 1 is 1.29 bits per heavy atom. The van der Waals surface area contributed by atoms with Crippen molar-refractivity contribution >= 4 is 10.0 Å². The minimum absolute atomic E-state index is 0.0810. The Balaban J connectivity index is 1.82. The van der Waals surface area contributed by atoms with Crippen LogP contribution < -0.4 is 0 Å². The normalized spacial score (nSPS) is 25.4. The number of ether oxygens (including phenoxy) is 1. The van der Waals surface area contributed by atoms with E-state index in [4.69, 9.17) is 4.74 Å². The Morgan fingerprint density at radius 2 is 1.86 bits per heavy atom. The van der Waals surface area contributed by atoms with Crippen LogP contribution in [0.25, 0.3) is 0 Å². The van der Waals surface area contributed by atoms with Crippen molar-refractivity contribution in [2.75, 3.05) is 13.1 Å². The molecule has 1 aliphatic heterocycles. The topological polar surface area (TPSA) is 46.6 Å². The highest BCUT2D eigenvalue weighted by molar-refractivity contribution is 7.90. The molecule has 0 spiro atoms. The van der Waals surface area contributed by atoms with Gasteiger partial charge < -0.3 is 4.74 Å². The van der Waals surface area contributed by atoms with Gasteiger partial charge in [-0.1, -0.05) is 0 Å². The third kappa shape index (κ3) is 1.94. The Kier molecular flexibility index (Phi) is 2.57. The zero-order valence-electron chi connectivity index (χ0n) is 8.64. The minimum atomic E-state index is -2.94. The van der Waals surface area contributed by atoms with E-state index in [9.17, 15) is 8.42 Å². The van der Waals surface area contributed by atoms with Crippen LogP contribution in [-0.4, -0.2) is 43.3 Å². The summed E-state index contributed by atoms with van der Waals surface area (Å²) in [5.41, 5.74) is 0. The number of hydrogen-bond donors (Lipinski definition) is 0. The largest absolute Gasteiger partial charge is 0.373 e. The average Bonchev–Trinajstić information content (AvgIpc) is 2.75. The maximum atomic E-state index is 11.7. The van der Waals surface area contributed by atoms with Gasteiger partial charge in [0.05, 0.1) is 17.5 Å². The van der Waals surface area contributed by atoms with Gasteiger partial charge in [-0.2, -0.15) is 4.31 Å². The van der Waals surface area contributed by atoms with E-state index in [2.05, 4.69) is 0 Å². The molecule has 1 aliphatic carbocycles. The van der Waals surface area contributed by atoms with E-state index in [1.54, 1.807) is 4.31 Å². The van der Waals surface area contributed by atoms with Gasteiger partial charge in [0.15, 0.2) is 0 Å². The van der Waals surface area contributed by atoms with E-state index in [-0.39, 0.29) is 17.5 Å². The maximum Gasteiger partial charge on any atom is 0.217 e. The zero-order valence-corrected chi connectivity index (χ0v) is 9.46. The fourth-order valence-corrected chi connectivity index (χ4v) is 3.56. The zero-order chi connectivity index (χ0) is 10.3. The Morgan fingerprint density at radius 3 is 2.29 bits per heavy atom. The first-order valence-corrected chi connectivity index (χ1v) is 6.65. The fourth-order valence-electron chi connectivity index (χ4n) is 1.66. The van der Waals surface area contributed by atoms with E-state index >= 15 is 0 Å². The molecule has 0 aromatic rings. The van der Waals surface area contributed by atoms with E-state index < -0.39 is 10.0 Å². The lowest BCUT2D eigenvalue weighted by Gasteiger charge is -2.38. The maximum absolute atomic E-state index is 11.7. The summed E-state index contributed by atoms with van der Waals surface area (Å²) < 4.78 is 30.4. The van der Waals surface area contributed by atoms with Gasteiger partial charge in [0, 0.05) is 13.1 Å². The van der Waals surface area contributed by atoms with Gasteiger partial charge in [0.25, 0.3) is 0 Å². The molecule has 1 heterocycles. The first-order valence-electron chi connectivity index (χ1n) is 5.14.